The number of carbonyl (C=O) groups excluding carboxylic acids is 2. The number of rotatable bonds is 2. The number of benzene rings is 1. The van der Waals surface area contributed by atoms with Crippen LogP contribution in [0, 0.1) is 6.92 Å². The number of methoxy groups -OCH3 is 1. The fourth-order valence-corrected chi connectivity index (χ4v) is 1.35. The number of hydrogen-bond acceptors (Lipinski definition) is 3. The van der Waals surface area contributed by atoms with Crippen molar-refractivity contribution < 1.29 is 14.3 Å². The van der Waals surface area contributed by atoms with Crippen molar-refractivity contribution in [1.29, 1.82) is 0 Å². The Morgan fingerprint density at radius 3 is 2.29 bits per heavy atom. The Morgan fingerprint density at radius 2 is 1.79 bits per heavy atom. The fraction of sp³-hybridized carbons (Fsp3) is 0.273. The third kappa shape index (κ3) is 1.82. The van der Waals surface area contributed by atoms with Crippen molar-refractivity contribution in [3.05, 3.63) is 34.9 Å². The second kappa shape index (κ2) is 4.05. The summed E-state index contributed by atoms with van der Waals surface area (Å²) in [5.41, 5.74) is 1.68. The van der Waals surface area contributed by atoms with Gasteiger partial charge >= 0.3 is 5.97 Å². The first-order valence-corrected chi connectivity index (χ1v) is 4.26. The summed E-state index contributed by atoms with van der Waals surface area (Å²) in [6.45, 7) is 3.21. The molecule has 14 heavy (non-hydrogen) atoms. The Morgan fingerprint density at radius 1 is 1.21 bits per heavy atom. The Bertz CT molecular complexity index is 380. The van der Waals surface area contributed by atoms with Crippen LogP contribution in [0.1, 0.15) is 33.2 Å². The number of Topliss-reactive ketones (excluding diaryl/α,β-unsaturated/α-hetero) is 1. The molecule has 0 heterocycles. The molecule has 1 aromatic carbocycles. The average molecular weight is 192 g/mol. The minimum Gasteiger partial charge on any atom is -0.465 e. The van der Waals surface area contributed by atoms with E-state index in [9.17, 15) is 9.59 Å². The molecule has 0 saturated carbocycles. The monoisotopic (exact) mass is 192 g/mol. The number of esters is 1. The van der Waals surface area contributed by atoms with Crippen LogP contribution in [0.4, 0.5) is 0 Å². The van der Waals surface area contributed by atoms with Crippen LogP contribution in [0.15, 0.2) is 18.2 Å². The quantitative estimate of drug-likeness (QED) is 0.531. The van der Waals surface area contributed by atoms with Gasteiger partial charge in [0.2, 0.25) is 0 Å². The lowest BCUT2D eigenvalue weighted by atomic mass is 10.00. The summed E-state index contributed by atoms with van der Waals surface area (Å²) >= 11 is 0. The summed E-state index contributed by atoms with van der Waals surface area (Å²) in [6.07, 6.45) is 0. The van der Waals surface area contributed by atoms with Gasteiger partial charge in [0.1, 0.15) is 0 Å². The van der Waals surface area contributed by atoms with Gasteiger partial charge in [0.05, 0.1) is 12.7 Å². The Kier molecular flexibility index (Phi) is 3.02. The van der Waals surface area contributed by atoms with E-state index in [0.717, 1.165) is 0 Å². The SMILES string of the molecule is COC(=O)c1cccc(C(C)=O)c1C. The first-order chi connectivity index (χ1) is 6.57. The summed E-state index contributed by atoms with van der Waals surface area (Å²) < 4.78 is 4.60. The minimum atomic E-state index is -0.411. The summed E-state index contributed by atoms with van der Waals surface area (Å²) in [5.74, 6) is -0.459. The van der Waals surface area contributed by atoms with E-state index in [2.05, 4.69) is 4.74 Å². The maximum absolute atomic E-state index is 11.3. The summed E-state index contributed by atoms with van der Waals surface area (Å²) in [6, 6.07) is 5.02. The molecule has 1 rings (SSSR count). The molecule has 0 N–H and O–H groups in total. The van der Waals surface area contributed by atoms with Gasteiger partial charge in [-0.2, -0.15) is 0 Å². The topological polar surface area (TPSA) is 43.4 Å². The summed E-state index contributed by atoms with van der Waals surface area (Å²) in [5, 5.41) is 0. The van der Waals surface area contributed by atoms with E-state index in [0.29, 0.717) is 16.7 Å². The number of ether oxygens (including phenoxy) is 1. The zero-order valence-electron chi connectivity index (χ0n) is 8.46. The Labute approximate surface area is 82.7 Å². The highest BCUT2D eigenvalue weighted by atomic mass is 16.5. The number of carbonyl (C=O) groups is 2. The molecule has 0 fully saturated rings. The van der Waals surface area contributed by atoms with Gasteiger partial charge in [-0.15, -0.1) is 0 Å². The molecule has 0 spiro atoms. The third-order valence-electron chi connectivity index (χ3n) is 2.12. The highest BCUT2D eigenvalue weighted by Gasteiger charge is 2.13. The van der Waals surface area contributed by atoms with Gasteiger partial charge in [-0.25, -0.2) is 4.79 Å². The molecule has 74 valence electrons. The van der Waals surface area contributed by atoms with Crippen LogP contribution in [0.25, 0.3) is 0 Å². The van der Waals surface area contributed by atoms with Crippen molar-refractivity contribution in [2.45, 2.75) is 13.8 Å². The molecule has 0 saturated heterocycles. The molecule has 0 atom stereocenters. The fourth-order valence-electron chi connectivity index (χ4n) is 1.35. The number of ketones is 1. The van der Waals surface area contributed by atoms with E-state index in [1.807, 2.05) is 0 Å². The molecule has 0 aliphatic rings. The van der Waals surface area contributed by atoms with Gasteiger partial charge in [-0.05, 0) is 25.5 Å². The standard InChI is InChI=1S/C11H12O3/c1-7-9(8(2)12)5-4-6-10(7)11(13)14-3/h4-6H,1-3H3. The first-order valence-electron chi connectivity index (χ1n) is 4.26. The molecule has 0 amide bonds. The second-order valence-corrected chi connectivity index (χ2v) is 3.03. The molecule has 0 radical (unpaired) electrons. The van der Waals surface area contributed by atoms with Crippen LogP contribution in [-0.4, -0.2) is 18.9 Å². The van der Waals surface area contributed by atoms with Crippen molar-refractivity contribution in [3.8, 4) is 0 Å². The molecule has 3 nitrogen and oxygen atoms in total. The molecule has 0 bridgehead atoms. The summed E-state index contributed by atoms with van der Waals surface area (Å²) in [4.78, 5) is 22.5. The van der Waals surface area contributed by atoms with Gasteiger partial charge in [0, 0.05) is 5.56 Å². The largest absolute Gasteiger partial charge is 0.465 e. The van der Waals surface area contributed by atoms with Gasteiger partial charge in [-0.3, -0.25) is 4.79 Å². The highest BCUT2D eigenvalue weighted by molar-refractivity contribution is 6.00. The van der Waals surface area contributed by atoms with Crippen molar-refractivity contribution in [1.82, 2.24) is 0 Å². The second-order valence-electron chi connectivity index (χ2n) is 3.03. The van der Waals surface area contributed by atoms with E-state index in [1.165, 1.54) is 14.0 Å². The van der Waals surface area contributed by atoms with Crippen molar-refractivity contribution in [2.24, 2.45) is 0 Å². The maximum atomic E-state index is 11.3. The molecule has 0 unspecified atom stereocenters. The van der Waals surface area contributed by atoms with E-state index >= 15 is 0 Å². The third-order valence-corrected chi connectivity index (χ3v) is 2.12. The van der Waals surface area contributed by atoms with E-state index in [-0.39, 0.29) is 5.78 Å². The molecule has 1 aromatic rings. The zero-order chi connectivity index (χ0) is 10.7. The Balaban J connectivity index is 3.27. The minimum absolute atomic E-state index is 0.0479. The molecule has 0 aromatic heterocycles. The van der Waals surface area contributed by atoms with Gasteiger partial charge in [0.25, 0.3) is 0 Å². The van der Waals surface area contributed by atoms with Gasteiger partial charge < -0.3 is 4.74 Å². The van der Waals surface area contributed by atoms with Crippen LogP contribution < -0.4 is 0 Å². The first kappa shape index (κ1) is 10.4. The van der Waals surface area contributed by atoms with Crippen LogP contribution >= 0.6 is 0 Å². The van der Waals surface area contributed by atoms with Crippen LogP contribution in [-0.2, 0) is 4.74 Å². The molecular formula is C11H12O3. The van der Waals surface area contributed by atoms with Crippen LogP contribution in [0.3, 0.4) is 0 Å². The van der Waals surface area contributed by atoms with E-state index in [4.69, 9.17) is 0 Å². The normalized spacial score (nSPS) is 9.64. The van der Waals surface area contributed by atoms with Gasteiger partial charge in [0.15, 0.2) is 5.78 Å². The molecule has 0 aliphatic heterocycles. The van der Waals surface area contributed by atoms with Crippen LogP contribution in [0.5, 0.6) is 0 Å². The lowest BCUT2D eigenvalue weighted by Gasteiger charge is -2.06. The predicted octanol–water partition coefficient (Wildman–Crippen LogP) is 1.98. The van der Waals surface area contributed by atoms with E-state index < -0.39 is 5.97 Å². The van der Waals surface area contributed by atoms with Crippen molar-refractivity contribution in [3.63, 3.8) is 0 Å². The van der Waals surface area contributed by atoms with Crippen molar-refractivity contribution >= 4 is 11.8 Å². The molecule has 3 heteroatoms. The predicted molar refractivity (Wildman–Crippen MR) is 52.5 cm³/mol. The highest BCUT2D eigenvalue weighted by Crippen LogP contribution is 2.15. The van der Waals surface area contributed by atoms with Crippen molar-refractivity contribution in [2.75, 3.05) is 7.11 Å². The molecular weight excluding hydrogens is 180 g/mol. The summed E-state index contributed by atoms with van der Waals surface area (Å²) in [7, 11) is 1.32. The average Bonchev–Trinajstić information content (AvgIpc) is 2.16. The van der Waals surface area contributed by atoms with Gasteiger partial charge in [-0.1, -0.05) is 12.1 Å². The lowest BCUT2D eigenvalue weighted by Crippen LogP contribution is -2.07. The smallest absolute Gasteiger partial charge is 0.338 e. The lowest BCUT2D eigenvalue weighted by molar-refractivity contribution is 0.0600. The van der Waals surface area contributed by atoms with E-state index in [1.54, 1.807) is 25.1 Å². The Hall–Kier alpha value is -1.64. The maximum Gasteiger partial charge on any atom is 0.338 e. The number of hydrogen-bond donors (Lipinski definition) is 0. The van der Waals surface area contributed by atoms with Crippen LogP contribution in [0.2, 0.25) is 0 Å². The zero-order valence-corrected chi connectivity index (χ0v) is 8.46. The molecule has 0 aliphatic carbocycles.